The van der Waals surface area contributed by atoms with Gasteiger partial charge in [-0.05, 0) is 24.3 Å². The Balaban J connectivity index is 2.14. The highest BCUT2D eigenvalue weighted by Gasteiger charge is 2.13. The third-order valence-corrected chi connectivity index (χ3v) is 5.22. The number of rotatable bonds is 5. The number of nitro groups is 1. The molecule has 1 amide bonds. The number of thiazole rings is 1. The number of non-ortho nitro benzene ring substituents is 1. The minimum atomic E-state index is -0.443. The van der Waals surface area contributed by atoms with Gasteiger partial charge in [0.1, 0.15) is 0 Å². The number of carbonyl (C=O) groups is 1. The van der Waals surface area contributed by atoms with Crippen LogP contribution in [0.5, 0.6) is 0 Å². The van der Waals surface area contributed by atoms with Gasteiger partial charge in [0.05, 0.1) is 21.7 Å². The number of ether oxygens (including phenoxy) is 1. The first-order chi connectivity index (χ1) is 12.5. The van der Waals surface area contributed by atoms with E-state index in [0.29, 0.717) is 29.0 Å². The normalized spacial score (nSPS) is 11.8. The molecular formula is C17H14BrN3O4S. The van der Waals surface area contributed by atoms with Gasteiger partial charge in [0, 0.05) is 35.8 Å². The summed E-state index contributed by atoms with van der Waals surface area (Å²) in [6.07, 6.45) is 0. The Morgan fingerprint density at radius 1 is 1.35 bits per heavy atom. The van der Waals surface area contributed by atoms with E-state index in [0.717, 1.165) is 9.17 Å². The number of fused-ring (bicyclic) bond motifs is 1. The van der Waals surface area contributed by atoms with Crippen LogP contribution in [0.2, 0.25) is 0 Å². The number of halogens is 1. The van der Waals surface area contributed by atoms with Crippen LogP contribution in [0.1, 0.15) is 10.4 Å². The van der Waals surface area contributed by atoms with Crippen molar-refractivity contribution in [3.8, 4) is 0 Å². The molecule has 0 aliphatic heterocycles. The Hall–Kier alpha value is -2.36. The average molecular weight is 436 g/mol. The molecule has 0 saturated heterocycles. The summed E-state index contributed by atoms with van der Waals surface area (Å²) in [5, 5.41) is 11.1. The zero-order valence-corrected chi connectivity index (χ0v) is 16.1. The highest BCUT2D eigenvalue weighted by molar-refractivity contribution is 9.10. The summed E-state index contributed by atoms with van der Waals surface area (Å²) in [5.74, 6) is -0.376. The standard InChI is InChI=1S/C17H14BrN3O4S/c1-25-8-7-20-14-10-13(21(23)24)5-6-15(14)26-17(20)19-16(22)11-3-2-4-12(18)9-11/h2-6,9-10H,7-8H2,1H3. The quantitative estimate of drug-likeness (QED) is 0.450. The Kier molecular flexibility index (Phi) is 5.60. The molecule has 0 atom stereocenters. The molecule has 0 aliphatic carbocycles. The van der Waals surface area contributed by atoms with Gasteiger partial charge in [-0.3, -0.25) is 14.9 Å². The van der Waals surface area contributed by atoms with Crippen molar-refractivity contribution < 1.29 is 14.5 Å². The number of hydrogen-bond acceptors (Lipinski definition) is 5. The minimum absolute atomic E-state index is 0.00802. The topological polar surface area (TPSA) is 86.7 Å². The molecule has 134 valence electrons. The number of amides is 1. The Labute approximate surface area is 160 Å². The van der Waals surface area contributed by atoms with Gasteiger partial charge in [-0.2, -0.15) is 4.99 Å². The summed E-state index contributed by atoms with van der Waals surface area (Å²) in [7, 11) is 1.57. The van der Waals surface area contributed by atoms with Crippen molar-refractivity contribution in [2.75, 3.05) is 13.7 Å². The van der Waals surface area contributed by atoms with Gasteiger partial charge in [-0.1, -0.05) is 33.3 Å². The smallest absolute Gasteiger partial charge is 0.279 e. The van der Waals surface area contributed by atoms with Crippen molar-refractivity contribution in [1.82, 2.24) is 4.57 Å². The molecule has 1 heterocycles. The first-order valence-electron chi connectivity index (χ1n) is 7.61. The number of benzene rings is 2. The van der Waals surface area contributed by atoms with Crippen LogP contribution in [0.15, 0.2) is 51.9 Å². The lowest BCUT2D eigenvalue weighted by molar-refractivity contribution is -0.384. The van der Waals surface area contributed by atoms with E-state index in [4.69, 9.17) is 4.74 Å². The van der Waals surface area contributed by atoms with E-state index in [2.05, 4.69) is 20.9 Å². The van der Waals surface area contributed by atoms with E-state index >= 15 is 0 Å². The van der Waals surface area contributed by atoms with Crippen LogP contribution in [0.4, 0.5) is 5.69 Å². The number of aromatic nitrogens is 1. The van der Waals surface area contributed by atoms with Crippen molar-refractivity contribution in [2.45, 2.75) is 6.54 Å². The Bertz CT molecular complexity index is 1060. The van der Waals surface area contributed by atoms with E-state index in [9.17, 15) is 14.9 Å². The summed E-state index contributed by atoms with van der Waals surface area (Å²) in [6.45, 7) is 0.828. The van der Waals surface area contributed by atoms with Gasteiger partial charge < -0.3 is 9.30 Å². The lowest BCUT2D eigenvalue weighted by atomic mass is 10.2. The predicted molar refractivity (Wildman–Crippen MR) is 102 cm³/mol. The van der Waals surface area contributed by atoms with Crippen LogP contribution < -0.4 is 4.80 Å². The van der Waals surface area contributed by atoms with Gasteiger partial charge in [0.25, 0.3) is 11.6 Å². The first kappa shape index (κ1) is 18.4. The van der Waals surface area contributed by atoms with E-state index in [1.807, 2.05) is 6.07 Å². The molecular weight excluding hydrogens is 422 g/mol. The summed E-state index contributed by atoms with van der Waals surface area (Å²) >= 11 is 4.64. The number of methoxy groups -OCH3 is 1. The molecule has 0 spiro atoms. The molecule has 3 rings (SSSR count). The highest BCUT2D eigenvalue weighted by Crippen LogP contribution is 2.23. The largest absolute Gasteiger partial charge is 0.383 e. The maximum Gasteiger partial charge on any atom is 0.279 e. The molecule has 0 radical (unpaired) electrons. The lowest BCUT2D eigenvalue weighted by Gasteiger charge is -2.04. The highest BCUT2D eigenvalue weighted by atomic mass is 79.9. The number of nitro benzene ring substituents is 1. The second-order valence-electron chi connectivity index (χ2n) is 5.37. The zero-order valence-electron chi connectivity index (χ0n) is 13.7. The first-order valence-corrected chi connectivity index (χ1v) is 9.22. The molecule has 0 unspecified atom stereocenters. The Morgan fingerprint density at radius 2 is 2.15 bits per heavy atom. The van der Waals surface area contributed by atoms with Crippen LogP contribution in [0, 0.1) is 10.1 Å². The van der Waals surface area contributed by atoms with Crippen molar-refractivity contribution in [2.24, 2.45) is 4.99 Å². The van der Waals surface area contributed by atoms with Gasteiger partial charge in [-0.25, -0.2) is 0 Å². The third-order valence-electron chi connectivity index (χ3n) is 3.66. The lowest BCUT2D eigenvalue weighted by Crippen LogP contribution is -2.19. The molecule has 1 aromatic heterocycles. The number of nitrogens with zero attached hydrogens (tertiary/aromatic N) is 3. The SMILES string of the molecule is COCCn1c(=NC(=O)c2cccc(Br)c2)sc2ccc([N+](=O)[O-])cc21. The summed E-state index contributed by atoms with van der Waals surface area (Å²) in [5.41, 5.74) is 1.11. The summed E-state index contributed by atoms with van der Waals surface area (Å²) < 4.78 is 8.49. The fourth-order valence-electron chi connectivity index (χ4n) is 2.43. The summed E-state index contributed by atoms with van der Waals surface area (Å²) in [4.78, 5) is 27.8. The van der Waals surface area contributed by atoms with Gasteiger partial charge in [0.2, 0.25) is 0 Å². The van der Waals surface area contributed by atoms with Crippen LogP contribution in [-0.2, 0) is 11.3 Å². The van der Waals surface area contributed by atoms with E-state index < -0.39 is 4.92 Å². The molecule has 3 aromatic rings. The van der Waals surface area contributed by atoms with Crippen molar-refractivity contribution >= 4 is 49.1 Å². The number of hydrogen-bond donors (Lipinski definition) is 0. The average Bonchev–Trinajstić information content (AvgIpc) is 2.96. The van der Waals surface area contributed by atoms with E-state index in [1.54, 1.807) is 35.9 Å². The fourth-order valence-corrected chi connectivity index (χ4v) is 3.86. The van der Waals surface area contributed by atoms with Crippen LogP contribution in [-0.4, -0.2) is 29.1 Å². The van der Waals surface area contributed by atoms with Crippen molar-refractivity contribution in [1.29, 1.82) is 0 Å². The van der Waals surface area contributed by atoms with Gasteiger partial charge >= 0.3 is 0 Å². The maximum atomic E-state index is 12.5. The molecule has 0 N–H and O–H groups in total. The molecule has 9 heteroatoms. The molecule has 0 fully saturated rings. The number of carbonyl (C=O) groups excluding carboxylic acids is 1. The van der Waals surface area contributed by atoms with Gasteiger partial charge in [-0.15, -0.1) is 0 Å². The zero-order chi connectivity index (χ0) is 18.7. The second-order valence-corrected chi connectivity index (χ2v) is 7.29. The monoisotopic (exact) mass is 435 g/mol. The Morgan fingerprint density at radius 3 is 2.85 bits per heavy atom. The van der Waals surface area contributed by atoms with Crippen LogP contribution >= 0.6 is 27.3 Å². The van der Waals surface area contributed by atoms with Crippen LogP contribution in [0.25, 0.3) is 10.2 Å². The second kappa shape index (κ2) is 7.90. The summed E-state index contributed by atoms with van der Waals surface area (Å²) in [6, 6.07) is 11.6. The molecule has 0 aliphatic rings. The van der Waals surface area contributed by atoms with Gasteiger partial charge in [0.15, 0.2) is 4.80 Å². The van der Waals surface area contributed by atoms with Crippen molar-refractivity contribution in [3.63, 3.8) is 0 Å². The third kappa shape index (κ3) is 3.90. The van der Waals surface area contributed by atoms with Crippen LogP contribution in [0.3, 0.4) is 0 Å². The molecule has 0 saturated carbocycles. The van der Waals surface area contributed by atoms with Crippen molar-refractivity contribution in [3.05, 3.63) is 67.4 Å². The van der Waals surface area contributed by atoms with E-state index in [1.165, 1.54) is 23.5 Å². The molecule has 26 heavy (non-hydrogen) atoms. The molecule has 2 aromatic carbocycles. The fraction of sp³-hybridized carbons (Fsp3) is 0.176. The van der Waals surface area contributed by atoms with E-state index in [-0.39, 0.29) is 11.6 Å². The predicted octanol–water partition coefficient (Wildman–Crippen LogP) is 3.76. The molecule has 0 bridgehead atoms. The maximum absolute atomic E-state index is 12.5. The molecule has 7 nitrogen and oxygen atoms in total. The minimum Gasteiger partial charge on any atom is -0.383 e.